The highest BCUT2D eigenvalue weighted by atomic mass is 79.9. The number of carboxylic acids is 1. The highest BCUT2D eigenvalue weighted by Gasteiger charge is 2.17. The van der Waals surface area contributed by atoms with Gasteiger partial charge in [0.1, 0.15) is 0 Å². The highest BCUT2D eigenvalue weighted by molar-refractivity contribution is 9.11. The monoisotopic (exact) mass is 264 g/mol. The Morgan fingerprint density at radius 1 is 1.85 bits per heavy atom. The number of rotatable bonds is 3. The fourth-order valence-electron chi connectivity index (χ4n) is 0.992. The Hall–Kier alpha value is -0.620. The molecule has 0 amide bonds. The molecule has 1 heterocycles. The quantitative estimate of drug-likeness (QED) is 0.877. The molecule has 1 rings (SSSR count). The van der Waals surface area contributed by atoms with E-state index in [0.717, 1.165) is 9.48 Å². The number of aromatic nitrogens is 1. The van der Waals surface area contributed by atoms with Gasteiger partial charge < -0.3 is 10.8 Å². The highest BCUT2D eigenvalue weighted by Crippen LogP contribution is 2.32. The van der Waals surface area contributed by atoms with Gasteiger partial charge in [0.2, 0.25) is 0 Å². The van der Waals surface area contributed by atoms with Crippen molar-refractivity contribution < 1.29 is 9.90 Å². The third-order valence-corrected chi connectivity index (χ3v) is 3.15. The van der Waals surface area contributed by atoms with Crippen LogP contribution in [0.4, 0.5) is 5.13 Å². The molecule has 0 saturated heterocycles. The van der Waals surface area contributed by atoms with Crippen LogP contribution in [0.5, 0.6) is 0 Å². The minimum atomic E-state index is -0.828. The summed E-state index contributed by atoms with van der Waals surface area (Å²) in [6.45, 7) is 1.81. The molecule has 0 aliphatic rings. The number of carboxylic acid groups (broad SMARTS) is 1. The van der Waals surface area contributed by atoms with Crippen LogP contribution in [-0.4, -0.2) is 16.1 Å². The van der Waals surface area contributed by atoms with Gasteiger partial charge >= 0.3 is 5.97 Å². The van der Waals surface area contributed by atoms with Crippen LogP contribution in [0.3, 0.4) is 0 Å². The number of halogens is 1. The number of hydrogen-bond donors (Lipinski definition) is 2. The molecule has 0 spiro atoms. The SMILES string of the molecule is CC(CC(=O)O)c1nc(N)sc1Br. The smallest absolute Gasteiger partial charge is 0.304 e. The Labute approximate surface area is 87.9 Å². The van der Waals surface area contributed by atoms with Gasteiger partial charge in [-0.05, 0) is 15.9 Å². The second kappa shape index (κ2) is 4.06. The summed E-state index contributed by atoms with van der Waals surface area (Å²) in [6, 6.07) is 0. The largest absolute Gasteiger partial charge is 0.481 e. The first kappa shape index (κ1) is 10.5. The van der Waals surface area contributed by atoms with E-state index in [0.29, 0.717) is 5.13 Å². The zero-order valence-corrected chi connectivity index (χ0v) is 9.35. The van der Waals surface area contributed by atoms with Crippen molar-refractivity contribution in [2.24, 2.45) is 0 Å². The topological polar surface area (TPSA) is 76.2 Å². The Bertz CT molecular complexity index is 326. The van der Waals surface area contributed by atoms with Crippen LogP contribution in [0.15, 0.2) is 3.79 Å². The van der Waals surface area contributed by atoms with E-state index in [1.807, 2.05) is 6.92 Å². The maximum Gasteiger partial charge on any atom is 0.304 e. The van der Waals surface area contributed by atoms with Crippen molar-refractivity contribution in [2.45, 2.75) is 19.3 Å². The van der Waals surface area contributed by atoms with Crippen molar-refractivity contribution in [1.29, 1.82) is 0 Å². The molecule has 0 bridgehead atoms. The molecule has 0 radical (unpaired) electrons. The van der Waals surface area contributed by atoms with Gasteiger partial charge in [0, 0.05) is 5.92 Å². The zero-order chi connectivity index (χ0) is 10.0. The minimum Gasteiger partial charge on any atom is -0.481 e. The summed E-state index contributed by atoms with van der Waals surface area (Å²) in [6.07, 6.45) is 0.0712. The van der Waals surface area contributed by atoms with E-state index >= 15 is 0 Å². The van der Waals surface area contributed by atoms with Crippen molar-refractivity contribution in [3.63, 3.8) is 0 Å². The van der Waals surface area contributed by atoms with E-state index in [-0.39, 0.29) is 12.3 Å². The third-order valence-electron chi connectivity index (χ3n) is 1.57. The Balaban J connectivity index is 2.81. The summed E-state index contributed by atoms with van der Waals surface area (Å²) in [5.74, 6) is -0.939. The van der Waals surface area contributed by atoms with E-state index in [1.165, 1.54) is 11.3 Å². The molecule has 3 N–H and O–H groups in total. The Morgan fingerprint density at radius 2 is 2.46 bits per heavy atom. The summed E-state index contributed by atoms with van der Waals surface area (Å²) >= 11 is 4.61. The number of carbonyl (C=O) groups is 1. The first-order valence-corrected chi connectivity index (χ1v) is 5.25. The van der Waals surface area contributed by atoms with Crippen LogP contribution >= 0.6 is 27.3 Å². The fraction of sp³-hybridized carbons (Fsp3) is 0.429. The maximum atomic E-state index is 10.4. The average Bonchev–Trinajstić information content (AvgIpc) is 2.28. The standard InChI is InChI=1S/C7H9BrN2O2S/c1-3(2-4(11)12)5-6(8)13-7(9)10-5/h3H,2H2,1H3,(H2,9,10)(H,11,12). The van der Waals surface area contributed by atoms with E-state index in [9.17, 15) is 4.79 Å². The number of thiazole rings is 1. The summed E-state index contributed by atoms with van der Waals surface area (Å²) in [4.78, 5) is 14.5. The van der Waals surface area contributed by atoms with Gasteiger partial charge in [0.15, 0.2) is 5.13 Å². The second-order valence-corrected chi connectivity index (χ2v) is 5.06. The maximum absolute atomic E-state index is 10.4. The molecule has 72 valence electrons. The van der Waals surface area contributed by atoms with Crippen LogP contribution in [0, 0.1) is 0 Å². The van der Waals surface area contributed by atoms with Gasteiger partial charge in [0.25, 0.3) is 0 Å². The van der Waals surface area contributed by atoms with Gasteiger partial charge in [-0.3, -0.25) is 4.79 Å². The van der Waals surface area contributed by atoms with Crippen LogP contribution in [0.25, 0.3) is 0 Å². The molecular formula is C7H9BrN2O2S. The summed E-state index contributed by atoms with van der Waals surface area (Å²) in [5.41, 5.74) is 6.20. The molecule has 0 fully saturated rings. The van der Waals surface area contributed by atoms with Crippen molar-refractivity contribution in [2.75, 3.05) is 5.73 Å². The molecular weight excluding hydrogens is 256 g/mol. The van der Waals surface area contributed by atoms with E-state index < -0.39 is 5.97 Å². The van der Waals surface area contributed by atoms with Gasteiger partial charge in [0.05, 0.1) is 15.9 Å². The number of nitrogen functional groups attached to an aromatic ring is 1. The minimum absolute atomic E-state index is 0.0712. The molecule has 0 aromatic carbocycles. The number of anilines is 1. The van der Waals surface area contributed by atoms with Crippen LogP contribution < -0.4 is 5.73 Å². The first-order chi connectivity index (χ1) is 6.00. The lowest BCUT2D eigenvalue weighted by Crippen LogP contribution is -2.03. The lowest BCUT2D eigenvalue weighted by atomic mass is 10.1. The molecule has 1 aromatic rings. The van der Waals surface area contributed by atoms with Crippen LogP contribution in [0.2, 0.25) is 0 Å². The van der Waals surface area contributed by atoms with Crippen molar-refractivity contribution in [3.8, 4) is 0 Å². The predicted octanol–water partition coefficient (Wildman–Crippen LogP) is 2.07. The zero-order valence-electron chi connectivity index (χ0n) is 6.95. The van der Waals surface area contributed by atoms with Gasteiger partial charge in [-0.1, -0.05) is 18.3 Å². The second-order valence-electron chi connectivity index (χ2n) is 2.71. The molecule has 0 aliphatic carbocycles. The number of aliphatic carboxylic acids is 1. The molecule has 13 heavy (non-hydrogen) atoms. The van der Waals surface area contributed by atoms with E-state index in [4.69, 9.17) is 10.8 Å². The summed E-state index contributed by atoms with van der Waals surface area (Å²) < 4.78 is 0.818. The lowest BCUT2D eigenvalue weighted by molar-refractivity contribution is -0.137. The van der Waals surface area contributed by atoms with Gasteiger partial charge in [-0.15, -0.1) is 0 Å². The van der Waals surface area contributed by atoms with Crippen molar-refractivity contribution in [3.05, 3.63) is 9.48 Å². The Morgan fingerprint density at radius 3 is 2.85 bits per heavy atom. The molecule has 0 aliphatic heterocycles. The molecule has 1 aromatic heterocycles. The molecule has 0 saturated carbocycles. The van der Waals surface area contributed by atoms with E-state index in [1.54, 1.807) is 0 Å². The third kappa shape index (κ3) is 2.67. The fourth-order valence-corrected chi connectivity index (χ4v) is 2.65. The van der Waals surface area contributed by atoms with Crippen molar-refractivity contribution in [1.82, 2.24) is 4.98 Å². The van der Waals surface area contributed by atoms with Gasteiger partial charge in [-0.2, -0.15) is 0 Å². The first-order valence-electron chi connectivity index (χ1n) is 3.64. The predicted molar refractivity (Wildman–Crippen MR) is 54.9 cm³/mol. The van der Waals surface area contributed by atoms with Crippen LogP contribution in [0.1, 0.15) is 25.0 Å². The molecule has 1 atom stereocenters. The lowest BCUT2D eigenvalue weighted by Gasteiger charge is -2.04. The molecule has 4 nitrogen and oxygen atoms in total. The average molecular weight is 265 g/mol. The number of hydrogen-bond acceptors (Lipinski definition) is 4. The normalized spacial score (nSPS) is 12.8. The van der Waals surface area contributed by atoms with E-state index in [2.05, 4.69) is 20.9 Å². The number of nitrogens with zero attached hydrogens (tertiary/aromatic N) is 1. The molecule has 6 heteroatoms. The molecule has 1 unspecified atom stereocenters. The number of nitrogens with two attached hydrogens (primary N) is 1. The van der Waals surface area contributed by atoms with Crippen LogP contribution in [-0.2, 0) is 4.79 Å². The summed E-state index contributed by atoms with van der Waals surface area (Å²) in [5, 5.41) is 9.03. The van der Waals surface area contributed by atoms with Crippen molar-refractivity contribution >= 4 is 38.4 Å². The summed E-state index contributed by atoms with van der Waals surface area (Å²) in [7, 11) is 0. The Kier molecular flexibility index (Phi) is 3.27. The van der Waals surface area contributed by atoms with Gasteiger partial charge in [-0.25, -0.2) is 4.98 Å².